The lowest BCUT2D eigenvalue weighted by atomic mass is 10.1. The monoisotopic (exact) mass is 548 g/mol. The Hall–Kier alpha value is -3.45. The number of carbonyl (C=O) groups is 2. The average Bonchev–Trinajstić information content (AvgIpc) is 3.56. The zero-order chi connectivity index (χ0) is 28.6. The molecule has 2 aromatic heterocycles. The predicted octanol–water partition coefficient (Wildman–Crippen LogP) is 6.42. The molecule has 1 aliphatic rings. The number of likely N-dealkylation sites (N-methyl/N-ethyl adjacent to an activating group) is 1. The summed E-state index contributed by atoms with van der Waals surface area (Å²) in [6.07, 6.45) is 11.3. The van der Waals surface area contributed by atoms with Gasteiger partial charge in [0.15, 0.2) is 6.29 Å². The molecule has 0 radical (unpaired) electrons. The van der Waals surface area contributed by atoms with Gasteiger partial charge in [-0.05, 0) is 56.2 Å². The molecule has 0 spiro atoms. The third-order valence-electron chi connectivity index (χ3n) is 6.59. The minimum Gasteiger partial charge on any atom is -0.383 e. The van der Waals surface area contributed by atoms with Crippen LogP contribution in [-0.4, -0.2) is 41.7 Å². The Morgan fingerprint density at radius 1 is 1.21 bits per heavy atom. The molecular weight excluding hydrogens is 504 g/mol. The van der Waals surface area contributed by atoms with Crippen LogP contribution in [0.3, 0.4) is 0 Å². The lowest BCUT2D eigenvalue weighted by Crippen LogP contribution is -2.40. The smallest absolute Gasteiger partial charge is 0.242 e. The van der Waals surface area contributed by atoms with Crippen LogP contribution in [0, 0.1) is 0 Å². The number of thiophene rings is 1. The number of nitrogens with one attached hydrogen (secondary N) is 2. The number of hydrogen-bond donors (Lipinski definition) is 2. The highest BCUT2D eigenvalue weighted by Crippen LogP contribution is 2.29. The van der Waals surface area contributed by atoms with Crippen LogP contribution in [-0.2, 0) is 29.0 Å². The number of carbonyl (C=O) groups excluding carboxylic acids is 2. The van der Waals surface area contributed by atoms with Gasteiger partial charge < -0.3 is 15.5 Å². The molecule has 4 rings (SSSR count). The molecule has 0 saturated carbocycles. The van der Waals surface area contributed by atoms with Gasteiger partial charge in [0.1, 0.15) is 6.04 Å². The topological polar surface area (TPSA) is 74.3 Å². The second-order valence-electron chi connectivity index (χ2n) is 9.11. The summed E-state index contributed by atoms with van der Waals surface area (Å²) >= 11 is 1.75. The number of hydrogen-bond acceptors (Lipinski definition) is 6. The summed E-state index contributed by atoms with van der Waals surface area (Å²) in [5.41, 5.74) is 4.32. The Kier molecular flexibility index (Phi) is 14.0. The molecule has 0 aliphatic carbocycles. The zero-order valence-corrected chi connectivity index (χ0v) is 24.9. The number of aldehydes is 1. The number of likely N-dealkylation sites (tertiary alicyclic amines) is 1. The normalized spacial score (nSPS) is 14.7. The lowest BCUT2D eigenvalue weighted by Gasteiger charge is -2.21. The maximum Gasteiger partial charge on any atom is 0.242 e. The first-order valence-electron chi connectivity index (χ1n) is 13.9. The molecule has 1 amide bonds. The van der Waals surface area contributed by atoms with E-state index in [-0.39, 0.29) is 11.9 Å². The van der Waals surface area contributed by atoms with Crippen LogP contribution in [0.2, 0.25) is 0 Å². The van der Waals surface area contributed by atoms with Crippen LogP contribution >= 0.6 is 11.3 Å². The minimum atomic E-state index is -0.0743. The highest BCUT2D eigenvalue weighted by Gasteiger charge is 2.29. The van der Waals surface area contributed by atoms with Gasteiger partial charge in [-0.25, -0.2) is 0 Å². The molecule has 1 aliphatic heterocycles. The molecule has 210 valence electrons. The minimum absolute atomic E-state index is 0.0743. The van der Waals surface area contributed by atoms with E-state index in [2.05, 4.69) is 47.3 Å². The second kappa shape index (κ2) is 17.2. The number of aromatic nitrogens is 1. The van der Waals surface area contributed by atoms with Gasteiger partial charge >= 0.3 is 0 Å². The van der Waals surface area contributed by atoms with E-state index in [0.717, 1.165) is 50.6 Å². The zero-order valence-electron chi connectivity index (χ0n) is 24.1. The Morgan fingerprint density at radius 2 is 1.95 bits per heavy atom. The van der Waals surface area contributed by atoms with Gasteiger partial charge in [-0.15, -0.1) is 11.3 Å². The van der Waals surface area contributed by atoms with E-state index >= 15 is 0 Å². The lowest BCUT2D eigenvalue weighted by molar-refractivity contribution is -0.124. The first-order chi connectivity index (χ1) is 19.0. The molecule has 3 heterocycles. The Bertz CT molecular complexity index is 1220. The Morgan fingerprint density at radius 3 is 2.56 bits per heavy atom. The summed E-state index contributed by atoms with van der Waals surface area (Å²) in [7, 11) is 1.94. The number of rotatable bonds is 10. The molecule has 1 unspecified atom stereocenters. The highest BCUT2D eigenvalue weighted by molar-refractivity contribution is 7.19. The highest BCUT2D eigenvalue weighted by atomic mass is 32.1. The van der Waals surface area contributed by atoms with Crippen molar-refractivity contribution in [1.29, 1.82) is 0 Å². The molecule has 7 heteroatoms. The first-order valence-corrected chi connectivity index (χ1v) is 14.7. The summed E-state index contributed by atoms with van der Waals surface area (Å²) in [5, 5.41) is 7.31. The summed E-state index contributed by atoms with van der Waals surface area (Å²) in [6, 6.07) is 12.4. The molecule has 2 N–H and O–H groups in total. The van der Waals surface area contributed by atoms with Gasteiger partial charge in [-0.3, -0.25) is 14.6 Å². The third-order valence-corrected chi connectivity index (χ3v) is 7.82. The van der Waals surface area contributed by atoms with E-state index in [0.29, 0.717) is 12.2 Å². The molecule has 1 fully saturated rings. The van der Waals surface area contributed by atoms with Crippen molar-refractivity contribution in [1.82, 2.24) is 20.5 Å². The van der Waals surface area contributed by atoms with Gasteiger partial charge in [0, 0.05) is 46.6 Å². The van der Waals surface area contributed by atoms with Crippen molar-refractivity contribution in [2.75, 3.05) is 13.6 Å². The SMILES string of the molecule is C/C=C(\C=O)NCCCc1ccccc1.C=C1CCC(C(=O)NCc2cc3cncc(CC)c3s2)N1C.CC. The van der Waals surface area contributed by atoms with Crippen molar-refractivity contribution in [3.05, 3.63) is 88.8 Å². The first kappa shape index (κ1) is 31.8. The standard InChI is InChI=1S/C17H21N3OS.C13H17NO.C2H6/c1-4-12-8-18-9-13-7-14(22-16(12)13)10-19-17(21)15-6-5-11(2)20(15)3;1-2-13(11-15)14-10-6-9-12-7-4-3-5-8-12;1-2/h7-9,15H,2,4-6,10H2,1,3H3,(H,19,21);2-5,7-8,11,14H,6,9-10H2,1H3;1-2H3/b;13-2+;. The number of aryl methyl sites for hydroxylation is 2. The maximum absolute atomic E-state index is 12.3. The molecule has 1 atom stereocenters. The van der Waals surface area contributed by atoms with Crippen LogP contribution in [0.25, 0.3) is 10.1 Å². The Labute approximate surface area is 238 Å². The van der Waals surface area contributed by atoms with E-state index in [1.54, 1.807) is 17.4 Å². The fourth-order valence-electron chi connectivity index (χ4n) is 4.28. The van der Waals surface area contributed by atoms with Crippen molar-refractivity contribution >= 4 is 33.6 Å². The molecule has 1 aromatic carbocycles. The van der Waals surface area contributed by atoms with Gasteiger partial charge in [0.05, 0.1) is 12.2 Å². The van der Waals surface area contributed by atoms with Crippen molar-refractivity contribution in [2.45, 2.75) is 72.4 Å². The average molecular weight is 549 g/mol. The largest absolute Gasteiger partial charge is 0.383 e. The molecular formula is C32H44N4O2S. The maximum atomic E-state index is 12.3. The van der Waals surface area contributed by atoms with E-state index < -0.39 is 0 Å². The molecule has 39 heavy (non-hydrogen) atoms. The van der Waals surface area contributed by atoms with Crippen molar-refractivity contribution in [2.24, 2.45) is 0 Å². The number of fused-ring (bicyclic) bond motifs is 1. The quantitative estimate of drug-likeness (QED) is 0.174. The predicted molar refractivity (Wildman–Crippen MR) is 165 cm³/mol. The summed E-state index contributed by atoms with van der Waals surface area (Å²) < 4.78 is 1.29. The van der Waals surface area contributed by atoms with E-state index in [9.17, 15) is 9.59 Å². The molecule has 0 bridgehead atoms. The number of benzene rings is 1. The summed E-state index contributed by atoms with van der Waals surface area (Å²) in [4.78, 5) is 30.2. The Balaban J connectivity index is 0.000000275. The van der Waals surface area contributed by atoms with Gasteiger partial charge in [-0.1, -0.05) is 63.8 Å². The van der Waals surface area contributed by atoms with Crippen LogP contribution in [0.4, 0.5) is 0 Å². The summed E-state index contributed by atoms with van der Waals surface area (Å²) in [5.74, 6) is 0.0902. The van der Waals surface area contributed by atoms with Crippen LogP contribution < -0.4 is 10.6 Å². The van der Waals surface area contributed by atoms with E-state index in [1.165, 1.54) is 26.1 Å². The number of pyridine rings is 1. The number of amides is 1. The van der Waals surface area contributed by atoms with Crippen LogP contribution in [0.1, 0.15) is 63.0 Å². The van der Waals surface area contributed by atoms with E-state index in [4.69, 9.17) is 0 Å². The molecule has 6 nitrogen and oxygen atoms in total. The molecule has 3 aromatic rings. The van der Waals surface area contributed by atoms with Crippen LogP contribution in [0.5, 0.6) is 0 Å². The van der Waals surface area contributed by atoms with Crippen molar-refractivity contribution in [3.8, 4) is 0 Å². The third kappa shape index (κ3) is 9.66. The fourth-order valence-corrected chi connectivity index (χ4v) is 5.43. The summed E-state index contributed by atoms with van der Waals surface area (Å²) in [6.45, 7) is 13.4. The van der Waals surface area contributed by atoms with Gasteiger partial charge in [0.25, 0.3) is 0 Å². The van der Waals surface area contributed by atoms with Gasteiger partial charge in [0.2, 0.25) is 5.91 Å². The van der Waals surface area contributed by atoms with Crippen molar-refractivity contribution < 1.29 is 9.59 Å². The van der Waals surface area contributed by atoms with E-state index in [1.807, 2.05) is 63.3 Å². The number of allylic oxidation sites excluding steroid dienone is 3. The second-order valence-corrected chi connectivity index (χ2v) is 10.2. The van der Waals surface area contributed by atoms with Crippen LogP contribution in [0.15, 0.2) is 72.8 Å². The molecule has 1 saturated heterocycles. The number of nitrogens with zero attached hydrogens (tertiary/aromatic N) is 2. The fraction of sp³-hybridized carbons (Fsp3) is 0.406. The van der Waals surface area contributed by atoms with Crippen molar-refractivity contribution in [3.63, 3.8) is 0 Å². The van der Waals surface area contributed by atoms with Gasteiger partial charge in [-0.2, -0.15) is 0 Å².